The fourth-order valence-corrected chi connectivity index (χ4v) is 1.92. The maximum absolute atomic E-state index is 6.01. The average molecular weight is 312 g/mol. The minimum atomic E-state index is 0.118. The number of nitrogens with zero attached hydrogens (tertiary/aromatic N) is 2. The van der Waals surface area contributed by atoms with E-state index in [1.165, 1.54) is 0 Å². The molecule has 1 unspecified atom stereocenters. The van der Waals surface area contributed by atoms with Crippen molar-refractivity contribution in [2.45, 2.75) is 25.8 Å². The predicted molar refractivity (Wildman–Crippen MR) is 80.5 cm³/mol. The second kappa shape index (κ2) is 6.88. The Bertz CT molecular complexity index is 575. The molecule has 2 rings (SSSR count). The van der Waals surface area contributed by atoms with E-state index in [1.807, 2.05) is 6.92 Å². The third-order valence-electron chi connectivity index (χ3n) is 2.80. The Labute approximate surface area is 127 Å². The molecule has 106 valence electrons. The summed E-state index contributed by atoms with van der Waals surface area (Å²) in [6.45, 7) is 2.05. The summed E-state index contributed by atoms with van der Waals surface area (Å²) in [5, 5.41) is 0.991. The minimum absolute atomic E-state index is 0.118. The molecule has 0 aliphatic carbocycles. The first kappa shape index (κ1) is 15.0. The minimum Gasteiger partial charge on any atom is -0.423 e. The molecular weight excluding hydrogens is 297 g/mol. The van der Waals surface area contributed by atoms with Gasteiger partial charge in [0.05, 0.1) is 5.02 Å². The van der Waals surface area contributed by atoms with Crippen LogP contribution < -0.4 is 10.5 Å². The number of halogens is 2. The zero-order valence-corrected chi connectivity index (χ0v) is 12.5. The largest absolute Gasteiger partial charge is 0.423 e. The van der Waals surface area contributed by atoms with Crippen LogP contribution in [0.25, 0.3) is 0 Å². The molecule has 0 aliphatic heterocycles. The molecule has 0 saturated heterocycles. The molecule has 20 heavy (non-hydrogen) atoms. The van der Waals surface area contributed by atoms with Crippen LogP contribution in [-0.4, -0.2) is 16.0 Å². The van der Waals surface area contributed by atoms with Crippen LogP contribution in [0.4, 0.5) is 0 Å². The van der Waals surface area contributed by atoms with Gasteiger partial charge in [0.15, 0.2) is 5.75 Å². The zero-order valence-electron chi connectivity index (χ0n) is 11.0. The summed E-state index contributed by atoms with van der Waals surface area (Å²) in [5.41, 5.74) is 6.86. The Morgan fingerprint density at radius 3 is 2.60 bits per heavy atom. The lowest BCUT2D eigenvalue weighted by Gasteiger charge is -2.09. The summed E-state index contributed by atoms with van der Waals surface area (Å²) in [6.07, 6.45) is 5.07. The van der Waals surface area contributed by atoms with Crippen molar-refractivity contribution in [1.82, 2.24) is 9.97 Å². The van der Waals surface area contributed by atoms with E-state index in [-0.39, 0.29) is 12.1 Å². The fraction of sp³-hybridized carbons (Fsp3) is 0.286. The standard InChI is InChI=1S/C14H15Cl2N3O/c1-2-11(17)5-9-7-18-14(19-8-9)20-13-6-10(15)3-4-12(13)16/h3-4,6-8,11H,2,5,17H2,1H3. The number of aromatic nitrogens is 2. The van der Waals surface area contributed by atoms with Crippen LogP contribution in [0.1, 0.15) is 18.9 Å². The maximum Gasteiger partial charge on any atom is 0.321 e. The molecule has 0 radical (unpaired) electrons. The van der Waals surface area contributed by atoms with Crippen molar-refractivity contribution in [3.8, 4) is 11.8 Å². The van der Waals surface area contributed by atoms with Gasteiger partial charge >= 0.3 is 6.01 Å². The van der Waals surface area contributed by atoms with Crippen LogP contribution in [0.2, 0.25) is 10.0 Å². The molecule has 1 aromatic carbocycles. The van der Waals surface area contributed by atoms with Crippen molar-refractivity contribution in [3.63, 3.8) is 0 Å². The van der Waals surface area contributed by atoms with Gasteiger partial charge in [-0.1, -0.05) is 30.1 Å². The van der Waals surface area contributed by atoms with Crippen LogP contribution >= 0.6 is 23.2 Å². The molecule has 0 aliphatic rings. The van der Waals surface area contributed by atoms with Crippen molar-refractivity contribution in [2.75, 3.05) is 0 Å². The molecule has 1 atom stereocenters. The zero-order chi connectivity index (χ0) is 14.5. The number of nitrogens with two attached hydrogens (primary N) is 1. The lowest BCUT2D eigenvalue weighted by Crippen LogP contribution is -2.21. The van der Waals surface area contributed by atoms with Crippen LogP contribution in [0.5, 0.6) is 11.8 Å². The number of rotatable bonds is 5. The Morgan fingerprint density at radius 1 is 1.25 bits per heavy atom. The van der Waals surface area contributed by atoms with E-state index >= 15 is 0 Å². The Hall–Kier alpha value is -1.36. The molecule has 0 bridgehead atoms. The normalized spacial score (nSPS) is 12.2. The second-order valence-corrected chi connectivity index (χ2v) is 5.27. The number of benzene rings is 1. The molecule has 0 saturated carbocycles. The summed E-state index contributed by atoms with van der Waals surface area (Å²) in [6, 6.07) is 5.31. The van der Waals surface area contributed by atoms with Crippen molar-refractivity contribution < 1.29 is 4.74 Å². The summed E-state index contributed by atoms with van der Waals surface area (Å²) >= 11 is 11.9. The number of ether oxygens (including phenoxy) is 1. The van der Waals surface area contributed by atoms with Gasteiger partial charge in [-0.25, -0.2) is 9.97 Å². The van der Waals surface area contributed by atoms with Gasteiger partial charge in [0.2, 0.25) is 0 Å². The number of hydrogen-bond donors (Lipinski definition) is 1. The molecule has 2 aromatic rings. The third-order valence-corrected chi connectivity index (χ3v) is 3.35. The maximum atomic E-state index is 6.01. The van der Waals surface area contributed by atoms with E-state index in [9.17, 15) is 0 Å². The molecule has 2 N–H and O–H groups in total. The smallest absolute Gasteiger partial charge is 0.321 e. The summed E-state index contributed by atoms with van der Waals surface area (Å²) in [7, 11) is 0. The van der Waals surface area contributed by atoms with Gasteiger partial charge in [0.25, 0.3) is 0 Å². The van der Waals surface area contributed by atoms with Crippen LogP contribution in [0.15, 0.2) is 30.6 Å². The van der Waals surface area contributed by atoms with E-state index in [0.717, 1.165) is 18.4 Å². The first-order valence-corrected chi connectivity index (χ1v) is 7.03. The van der Waals surface area contributed by atoms with Gasteiger partial charge in [-0.05, 0) is 30.5 Å². The van der Waals surface area contributed by atoms with Crippen LogP contribution in [0, 0.1) is 0 Å². The van der Waals surface area contributed by atoms with Gasteiger partial charge in [0.1, 0.15) is 0 Å². The quantitative estimate of drug-likeness (QED) is 0.911. The average Bonchev–Trinajstić information content (AvgIpc) is 2.45. The second-order valence-electron chi connectivity index (χ2n) is 4.42. The Kier molecular flexibility index (Phi) is 5.17. The van der Waals surface area contributed by atoms with E-state index in [4.69, 9.17) is 33.7 Å². The van der Waals surface area contributed by atoms with Crippen LogP contribution in [-0.2, 0) is 6.42 Å². The van der Waals surface area contributed by atoms with E-state index in [0.29, 0.717) is 15.8 Å². The van der Waals surface area contributed by atoms with Crippen molar-refractivity contribution >= 4 is 23.2 Å². The van der Waals surface area contributed by atoms with Gasteiger partial charge < -0.3 is 10.5 Å². The first-order chi connectivity index (χ1) is 9.58. The van der Waals surface area contributed by atoms with Gasteiger partial charge in [-0.15, -0.1) is 0 Å². The predicted octanol–water partition coefficient (Wildman–Crippen LogP) is 3.86. The fourth-order valence-electron chi connectivity index (χ4n) is 1.60. The topological polar surface area (TPSA) is 61.0 Å². The SMILES string of the molecule is CCC(N)Cc1cnc(Oc2cc(Cl)ccc2Cl)nc1. The Morgan fingerprint density at radius 2 is 1.95 bits per heavy atom. The van der Waals surface area contributed by atoms with Gasteiger partial charge in [-0.3, -0.25) is 0 Å². The van der Waals surface area contributed by atoms with Crippen molar-refractivity contribution in [1.29, 1.82) is 0 Å². The van der Waals surface area contributed by atoms with Crippen molar-refractivity contribution in [2.24, 2.45) is 5.73 Å². The van der Waals surface area contributed by atoms with E-state index < -0.39 is 0 Å². The molecule has 1 heterocycles. The van der Waals surface area contributed by atoms with Gasteiger partial charge in [0, 0.05) is 29.5 Å². The summed E-state index contributed by atoms with van der Waals surface area (Å²) in [4.78, 5) is 8.28. The van der Waals surface area contributed by atoms with Gasteiger partial charge in [-0.2, -0.15) is 0 Å². The first-order valence-electron chi connectivity index (χ1n) is 6.28. The summed E-state index contributed by atoms with van der Waals surface area (Å²) in [5.74, 6) is 0.428. The molecule has 6 heteroatoms. The molecule has 4 nitrogen and oxygen atoms in total. The van der Waals surface area contributed by atoms with Crippen LogP contribution in [0.3, 0.4) is 0 Å². The van der Waals surface area contributed by atoms with E-state index in [2.05, 4.69) is 9.97 Å². The lowest BCUT2D eigenvalue weighted by atomic mass is 10.1. The highest BCUT2D eigenvalue weighted by Gasteiger charge is 2.07. The molecule has 0 amide bonds. The number of hydrogen-bond acceptors (Lipinski definition) is 4. The molecular formula is C14H15Cl2N3O. The van der Waals surface area contributed by atoms with Crippen molar-refractivity contribution in [3.05, 3.63) is 46.2 Å². The third kappa shape index (κ3) is 4.07. The highest BCUT2D eigenvalue weighted by Crippen LogP contribution is 2.30. The monoisotopic (exact) mass is 311 g/mol. The van der Waals surface area contributed by atoms with E-state index in [1.54, 1.807) is 30.6 Å². The Balaban J connectivity index is 2.09. The molecule has 1 aromatic heterocycles. The molecule has 0 fully saturated rings. The summed E-state index contributed by atoms with van der Waals surface area (Å²) < 4.78 is 5.51. The lowest BCUT2D eigenvalue weighted by molar-refractivity contribution is 0.441. The highest BCUT2D eigenvalue weighted by molar-refractivity contribution is 6.34. The highest BCUT2D eigenvalue weighted by atomic mass is 35.5. The molecule has 0 spiro atoms.